The molecule has 0 amide bonds. The normalized spacial score (nSPS) is 12.2. The van der Waals surface area contributed by atoms with Gasteiger partial charge in [-0.05, 0) is 40.2 Å². The molecule has 0 aliphatic heterocycles. The molecular weight excluding hydrogens is 364 g/mol. The zero-order valence-corrected chi connectivity index (χ0v) is 13.4. The van der Waals surface area contributed by atoms with Gasteiger partial charge in [-0.3, -0.25) is 4.21 Å². The maximum absolute atomic E-state index is 13.9. The molecule has 0 saturated heterocycles. The fourth-order valence-corrected chi connectivity index (χ4v) is 3.42. The van der Waals surface area contributed by atoms with E-state index in [1.165, 1.54) is 25.3 Å². The van der Waals surface area contributed by atoms with Gasteiger partial charge in [0.25, 0.3) is 0 Å². The van der Waals surface area contributed by atoms with Gasteiger partial charge in [-0.2, -0.15) is 0 Å². The standard InChI is InChI=1S/C14H12BrF2NO2S/c1-20-12-6-8(18)2-5-13(12)21(19)7-9-11(16)4-3-10(15)14(9)17/h2-6H,7,18H2,1H3. The molecular formula is C14H12BrF2NO2S. The highest BCUT2D eigenvalue weighted by Crippen LogP contribution is 2.29. The Kier molecular flexibility index (Phi) is 4.95. The van der Waals surface area contributed by atoms with Gasteiger partial charge in [0.2, 0.25) is 0 Å². The summed E-state index contributed by atoms with van der Waals surface area (Å²) < 4.78 is 45.2. The summed E-state index contributed by atoms with van der Waals surface area (Å²) in [6, 6.07) is 6.99. The van der Waals surface area contributed by atoms with Crippen LogP contribution in [0, 0.1) is 11.6 Å². The first kappa shape index (κ1) is 15.9. The minimum atomic E-state index is -1.66. The summed E-state index contributed by atoms with van der Waals surface area (Å²) in [5, 5.41) is 0. The van der Waals surface area contributed by atoms with Crippen molar-refractivity contribution in [1.82, 2.24) is 0 Å². The van der Waals surface area contributed by atoms with Crippen molar-refractivity contribution in [1.29, 1.82) is 0 Å². The van der Waals surface area contributed by atoms with Crippen LogP contribution in [-0.2, 0) is 16.6 Å². The lowest BCUT2D eigenvalue weighted by Crippen LogP contribution is -2.04. The fourth-order valence-electron chi connectivity index (χ4n) is 1.78. The maximum Gasteiger partial charge on any atom is 0.144 e. The molecule has 1 atom stereocenters. The zero-order chi connectivity index (χ0) is 15.6. The van der Waals surface area contributed by atoms with Crippen molar-refractivity contribution >= 4 is 32.4 Å². The van der Waals surface area contributed by atoms with Gasteiger partial charge in [-0.1, -0.05) is 0 Å². The third kappa shape index (κ3) is 3.41. The van der Waals surface area contributed by atoms with Crippen molar-refractivity contribution in [3.63, 3.8) is 0 Å². The van der Waals surface area contributed by atoms with Crippen LogP contribution < -0.4 is 10.5 Å². The first-order chi connectivity index (χ1) is 9.93. The van der Waals surface area contributed by atoms with E-state index in [0.717, 1.165) is 6.07 Å². The molecule has 3 nitrogen and oxygen atoms in total. The molecule has 2 aromatic carbocycles. The third-order valence-corrected chi connectivity index (χ3v) is 4.84. The molecule has 0 aliphatic carbocycles. The zero-order valence-electron chi connectivity index (χ0n) is 11.0. The number of rotatable bonds is 4. The summed E-state index contributed by atoms with van der Waals surface area (Å²) >= 11 is 2.98. The van der Waals surface area contributed by atoms with Crippen LogP contribution in [0.4, 0.5) is 14.5 Å². The number of ether oxygens (including phenoxy) is 1. The lowest BCUT2D eigenvalue weighted by Gasteiger charge is -2.10. The van der Waals surface area contributed by atoms with Crippen molar-refractivity contribution in [3.05, 3.63) is 52.0 Å². The van der Waals surface area contributed by atoms with Gasteiger partial charge in [-0.15, -0.1) is 0 Å². The van der Waals surface area contributed by atoms with Gasteiger partial charge < -0.3 is 10.5 Å². The summed E-state index contributed by atoms with van der Waals surface area (Å²) in [6.07, 6.45) is 0. The molecule has 21 heavy (non-hydrogen) atoms. The Morgan fingerprint density at radius 3 is 2.67 bits per heavy atom. The van der Waals surface area contributed by atoms with Gasteiger partial charge in [0.15, 0.2) is 0 Å². The number of nitrogens with two attached hydrogens (primary N) is 1. The molecule has 0 spiro atoms. The fraction of sp³-hybridized carbons (Fsp3) is 0.143. The van der Waals surface area contributed by atoms with Crippen LogP contribution in [0.25, 0.3) is 0 Å². The van der Waals surface area contributed by atoms with Crippen molar-refractivity contribution < 1.29 is 17.7 Å². The predicted octanol–water partition coefficient (Wildman–Crippen LogP) is 3.63. The van der Waals surface area contributed by atoms with Gasteiger partial charge in [0, 0.05) is 17.3 Å². The van der Waals surface area contributed by atoms with E-state index in [9.17, 15) is 13.0 Å². The highest BCUT2D eigenvalue weighted by atomic mass is 79.9. The highest BCUT2D eigenvalue weighted by molar-refractivity contribution is 9.10. The molecule has 0 saturated carbocycles. The number of benzene rings is 2. The van der Waals surface area contributed by atoms with Crippen molar-refractivity contribution in [2.45, 2.75) is 10.6 Å². The monoisotopic (exact) mass is 375 g/mol. The van der Waals surface area contributed by atoms with E-state index < -0.39 is 22.4 Å². The molecule has 2 N–H and O–H groups in total. The molecule has 0 aromatic heterocycles. The van der Waals surface area contributed by atoms with Crippen molar-refractivity contribution in [2.75, 3.05) is 12.8 Å². The van der Waals surface area contributed by atoms with Crippen LogP contribution in [0.1, 0.15) is 5.56 Å². The molecule has 0 bridgehead atoms. The summed E-state index contributed by atoms with van der Waals surface area (Å²) in [5.74, 6) is -1.46. The number of hydrogen-bond donors (Lipinski definition) is 1. The van der Waals surface area contributed by atoms with E-state index in [-0.39, 0.29) is 15.8 Å². The van der Waals surface area contributed by atoms with Gasteiger partial charge in [-0.25, -0.2) is 8.78 Å². The van der Waals surface area contributed by atoms with Crippen LogP contribution in [0.5, 0.6) is 5.75 Å². The maximum atomic E-state index is 13.9. The molecule has 0 heterocycles. The van der Waals surface area contributed by atoms with Gasteiger partial charge >= 0.3 is 0 Å². The topological polar surface area (TPSA) is 52.3 Å². The van der Waals surface area contributed by atoms with Gasteiger partial charge in [0.05, 0.1) is 33.0 Å². The SMILES string of the molecule is COc1cc(N)ccc1S(=O)Cc1c(F)ccc(Br)c1F. The highest BCUT2D eigenvalue weighted by Gasteiger charge is 2.18. The molecule has 112 valence electrons. The van der Waals surface area contributed by atoms with E-state index in [0.29, 0.717) is 16.3 Å². The molecule has 1 unspecified atom stereocenters. The van der Waals surface area contributed by atoms with Crippen LogP contribution in [0.15, 0.2) is 39.7 Å². The number of anilines is 1. The molecule has 7 heteroatoms. The first-order valence-corrected chi connectivity index (χ1v) is 7.99. The Balaban J connectivity index is 2.37. The average molecular weight is 376 g/mol. The minimum Gasteiger partial charge on any atom is -0.495 e. The summed E-state index contributed by atoms with van der Waals surface area (Å²) in [6.45, 7) is 0. The van der Waals surface area contributed by atoms with Crippen LogP contribution >= 0.6 is 15.9 Å². The molecule has 0 radical (unpaired) electrons. The molecule has 2 rings (SSSR count). The Morgan fingerprint density at radius 2 is 2.00 bits per heavy atom. The van der Waals surface area contributed by atoms with E-state index in [4.69, 9.17) is 10.5 Å². The van der Waals surface area contributed by atoms with Gasteiger partial charge in [0.1, 0.15) is 17.4 Å². The molecule has 2 aromatic rings. The second-order valence-electron chi connectivity index (χ2n) is 4.22. The predicted molar refractivity (Wildman–Crippen MR) is 81.6 cm³/mol. The van der Waals surface area contributed by atoms with E-state index in [1.807, 2.05) is 0 Å². The van der Waals surface area contributed by atoms with E-state index in [1.54, 1.807) is 6.07 Å². The lowest BCUT2D eigenvalue weighted by atomic mass is 10.2. The van der Waals surface area contributed by atoms with Crippen LogP contribution in [0.3, 0.4) is 0 Å². The van der Waals surface area contributed by atoms with E-state index in [2.05, 4.69) is 15.9 Å². The third-order valence-electron chi connectivity index (χ3n) is 2.85. The second-order valence-corrected chi connectivity index (χ2v) is 6.50. The Morgan fingerprint density at radius 1 is 1.29 bits per heavy atom. The van der Waals surface area contributed by atoms with Crippen molar-refractivity contribution in [2.24, 2.45) is 0 Å². The number of nitrogen functional groups attached to an aromatic ring is 1. The average Bonchev–Trinajstić information content (AvgIpc) is 2.47. The lowest BCUT2D eigenvalue weighted by molar-refractivity contribution is 0.404. The van der Waals surface area contributed by atoms with Crippen LogP contribution in [-0.4, -0.2) is 11.3 Å². The molecule has 0 fully saturated rings. The minimum absolute atomic E-state index is 0.125. The largest absolute Gasteiger partial charge is 0.495 e. The quantitative estimate of drug-likeness (QED) is 0.655. The van der Waals surface area contributed by atoms with E-state index >= 15 is 0 Å². The summed E-state index contributed by atoms with van der Waals surface area (Å²) in [4.78, 5) is 0.338. The smallest absolute Gasteiger partial charge is 0.144 e. The van der Waals surface area contributed by atoms with Crippen LogP contribution in [0.2, 0.25) is 0 Å². The first-order valence-electron chi connectivity index (χ1n) is 5.88. The summed E-state index contributed by atoms with van der Waals surface area (Å²) in [7, 11) is -0.252. The Bertz CT molecular complexity index is 710. The number of methoxy groups -OCH3 is 1. The van der Waals surface area contributed by atoms with Crippen molar-refractivity contribution in [3.8, 4) is 5.75 Å². The second kappa shape index (κ2) is 6.53. The summed E-state index contributed by atoms with van der Waals surface area (Å²) in [5.41, 5.74) is 5.84. The Labute approximate surface area is 131 Å². The Hall–Kier alpha value is -1.47. The number of halogens is 3. The number of hydrogen-bond acceptors (Lipinski definition) is 3. The molecule has 0 aliphatic rings.